The number of hydrogen-bond donors (Lipinski definition) is 1. The number of nitrogens with one attached hydrogen (secondary N) is 1. The number of H-pyrrole nitrogens is 1. The number of aromatic amines is 1. The van der Waals surface area contributed by atoms with Crippen LogP contribution in [0.25, 0.3) is 11.4 Å². The van der Waals surface area contributed by atoms with E-state index in [1.165, 1.54) is 12.5 Å². The fourth-order valence-electron chi connectivity index (χ4n) is 4.19. The standard InChI is InChI=1S/C23H27N3O3S/c1-23(15-17-10-13-29-14-11-17,21-8-6-18(16-25-21)30(2,27)28)22-9-7-20(26-22)19-5-3-4-12-24-19/h3-9,12,16-17,26H,10-11,13-15H2,1-2H3. The Morgan fingerprint density at radius 2 is 1.90 bits per heavy atom. The van der Waals surface area contributed by atoms with Crippen molar-refractivity contribution in [3.05, 3.63) is 66.2 Å². The number of rotatable bonds is 6. The predicted molar refractivity (Wildman–Crippen MR) is 116 cm³/mol. The number of ether oxygens (including phenoxy) is 1. The molecule has 3 aromatic rings. The highest BCUT2D eigenvalue weighted by Gasteiger charge is 2.35. The Bertz CT molecular complexity index is 1090. The molecule has 4 heterocycles. The van der Waals surface area contributed by atoms with Gasteiger partial charge in [0.05, 0.1) is 27.4 Å². The number of pyridine rings is 2. The van der Waals surface area contributed by atoms with Gasteiger partial charge in [-0.15, -0.1) is 0 Å². The zero-order valence-electron chi connectivity index (χ0n) is 17.3. The van der Waals surface area contributed by atoms with Crippen molar-refractivity contribution in [3.63, 3.8) is 0 Å². The Hall–Kier alpha value is -2.51. The Balaban J connectivity index is 1.73. The summed E-state index contributed by atoms with van der Waals surface area (Å²) in [6.45, 7) is 3.75. The molecule has 0 aromatic carbocycles. The van der Waals surface area contributed by atoms with Gasteiger partial charge in [0.15, 0.2) is 9.84 Å². The van der Waals surface area contributed by atoms with Gasteiger partial charge in [-0.3, -0.25) is 9.97 Å². The molecule has 0 amide bonds. The second kappa shape index (κ2) is 8.32. The Morgan fingerprint density at radius 3 is 2.53 bits per heavy atom. The lowest BCUT2D eigenvalue weighted by Crippen LogP contribution is -2.31. The van der Waals surface area contributed by atoms with E-state index in [-0.39, 0.29) is 10.3 Å². The molecule has 0 aliphatic carbocycles. The van der Waals surface area contributed by atoms with Crippen LogP contribution in [0, 0.1) is 5.92 Å². The van der Waals surface area contributed by atoms with Crippen molar-refractivity contribution in [2.45, 2.75) is 36.5 Å². The van der Waals surface area contributed by atoms with E-state index in [4.69, 9.17) is 4.74 Å². The highest BCUT2D eigenvalue weighted by Crippen LogP contribution is 2.40. The monoisotopic (exact) mass is 425 g/mol. The lowest BCUT2D eigenvalue weighted by molar-refractivity contribution is 0.0584. The van der Waals surface area contributed by atoms with E-state index in [9.17, 15) is 8.42 Å². The van der Waals surface area contributed by atoms with E-state index in [2.05, 4.69) is 27.9 Å². The quantitative estimate of drug-likeness (QED) is 0.645. The molecule has 3 aromatic heterocycles. The first kappa shape index (κ1) is 20.8. The molecule has 30 heavy (non-hydrogen) atoms. The molecule has 0 radical (unpaired) electrons. The molecule has 1 fully saturated rings. The lowest BCUT2D eigenvalue weighted by atomic mass is 9.73. The minimum Gasteiger partial charge on any atom is -0.381 e. The van der Waals surface area contributed by atoms with Crippen LogP contribution >= 0.6 is 0 Å². The van der Waals surface area contributed by atoms with Crippen molar-refractivity contribution in [3.8, 4) is 11.4 Å². The molecule has 1 aliphatic heterocycles. The van der Waals surface area contributed by atoms with Gasteiger partial charge in [0.1, 0.15) is 0 Å². The summed E-state index contributed by atoms with van der Waals surface area (Å²) in [5.41, 5.74) is 3.37. The van der Waals surface area contributed by atoms with Gasteiger partial charge in [0.25, 0.3) is 0 Å². The highest BCUT2D eigenvalue weighted by atomic mass is 32.2. The fourth-order valence-corrected chi connectivity index (χ4v) is 4.75. The van der Waals surface area contributed by atoms with E-state index in [1.54, 1.807) is 12.3 Å². The summed E-state index contributed by atoms with van der Waals surface area (Å²) in [5.74, 6) is 0.515. The second-order valence-corrected chi connectivity index (χ2v) is 10.3. The van der Waals surface area contributed by atoms with Crippen molar-refractivity contribution in [1.82, 2.24) is 15.0 Å². The predicted octanol–water partition coefficient (Wildman–Crippen LogP) is 4.00. The van der Waals surface area contributed by atoms with E-state index >= 15 is 0 Å². The molecule has 4 rings (SSSR count). The smallest absolute Gasteiger partial charge is 0.177 e. The zero-order valence-corrected chi connectivity index (χ0v) is 18.2. The molecule has 0 saturated carbocycles. The van der Waals surface area contributed by atoms with Gasteiger partial charge in [0.2, 0.25) is 0 Å². The van der Waals surface area contributed by atoms with Gasteiger partial charge in [-0.2, -0.15) is 0 Å². The number of aromatic nitrogens is 3. The first-order valence-corrected chi connectivity index (χ1v) is 12.1. The average Bonchev–Trinajstić information content (AvgIpc) is 3.26. The first-order valence-electron chi connectivity index (χ1n) is 10.2. The van der Waals surface area contributed by atoms with E-state index in [1.807, 2.05) is 30.3 Å². The first-order chi connectivity index (χ1) is 14.4. The zero-order chi connectivity index (χ0) is 21.2. The van der Waals surface area contributed by atoms with E-state index < -0.39 is 9.84 Å². The van der Waals surface area contributed by atoms with Crippen LogP contribution in [0.15, 0.2) is 59.8 Å². The summed E-state index contributed by atoms with van der Waals surface area (Å²) < 4.78 is 29.3. The van der Waals surface area contributed by atoms with Crippen LogP contribution < -0.4 is 0 Å². The summed E-state index contributed by atoms with van der Waals surface area (Å²) in [5, 5.41) is 0. The van der Waals surface area contributed by atoms with Gasteiger partial charge in [-0.25, -0.2) is 8.42 Å². The molecule has 1 saturated heterocycles. The van der Waals surface area contributed by atoms with Crippen molar-refractivity contribution in [2.75, 3.05) is 19.5 Å². The van der Waals surface area contributed by atoms with Crippen molar-refractivity contribution < 1.29 is 13.2 Å². The molecule has 1 unspecified atom stereocenters. The molecule has 1 N–H and O–H groups in total. The normalized spacial score (nSPS) is 17.5. The third-order valence-electron chi connectivity index (χ3n) is 5.99. The average molecular weight is 426 g/mol. The summed E-state index contributed by atoms with van der Waals surface area (Å²) in [7, 11) is -3.28. The van der Waals surface area contributed by atoms with Gasteiger partial charge >= 0.3 is 0 Å². The van der Waals surface area contributed by atoms with E-state index in [0.29, 0.717) is 5.92 Å². The lowest BCUT2D eigenvalue weighted by Gasteiger charge is -2.34. The van der Waals surface area contributed by atoms with Gasteiger partial charge in [-0.05, 0) is 68.5 Å². The molecule has 0 spiro atoms. The third kappa shape index (κ3) is 4.32. The fraction of sp³-hybridized carbons (Fsp3) is 0.391. The van der Waals surface area contributed by atoms with Gasteiger partial charge in [0, 0.05) is 37.6 Å². The van der Waals surface area contributed by atoms with Crippen LogP contribution in [0.1, 0.15) is 37.6 Å². The maximum Gasteiger partial charge on any atom is 0.177 e. The Morgan fingerprint density at radius 1 is 1.10 bits per heavy atom. The molecule has 158 valence electrons. The SMILES string of the molecule is CC(CC1CCOCC1)(c1ccc(S(C)(=O)=O)cn1)c1ccc(-c2ccccn2)[nH]1. The molecule has 0 bridgehead atoms. The molecular weight excluding hydrogens is 398 g/mol. The van der Waals surface area contributed by atoms with Crippen molar-refractivity contribution in [1.29, 1.82) is 0 Å². The summed E-state index contributed by atoms with van der Waals surface area (Å²) in [4.78, 5) is 12.8. The van der Waals surface area contributed by atoms with Gasteiger partial charge < -0.3 is 9.72 Å². The minimum atomic E-state index is -3.28. The molecule has 1 atom stereocenters. The summed E-state index contributed by atoms with van der Waals surface area (Å²) >= 11 is 0. The largest absolute Gasteiger partial charge is 0.381 e. The molecule has 1 aliphatic rings. The van der Waals surface area contributed by atoms with Crippen LogP contribution in [-0.2, 0) is 20.0 Å². The number of sulfone groups is 1. The second-order valence-electron chi connectivity index (χ2n) is 8.24. The number of nitrogens with zero attached hydrogens (tertiary/aromatic N) is 2. The molecular formula is C23H27N3O3S. The number of hydrogen-bond acceptors (Lipinski definition) is 5. The van der Waals surface area contributed by atoms with E-state index in [0.717, 1.165) is 55.3 Å². The van der Waals surface area contributed by atoms with Crippen LogP contribution in [-0.4, -0.2) is 42.8 Å². The third-order valence-corrected chi connectivity index (χ3v) is 7.09. The summed E-state index contributed by atoms with van der Waals surface area (Å²) in [6.07, 6.45) is 7.40. The summed E-state index contributed by atoms with van der Waals surface area (Å²) in [6, 6.07) is 13.5. The minimum absolute atomic E-state index is 0.236. The maximum absolute atomic E-state index is 11.9. The van der Waals surface area contributed by atoms with Crippen molar-refractivity contribution in [2.24, 2.45) is 5.92 Å². The maximum atomic E-state index is 11.9. The topological polar surface area (TPSA) is 84.9 Å². The molecule has 6 nitrogen and oxygen atoms in total. The van der Waals surface area contributed by atoms with Crippen LogP contribution in [0.4, 0.5) is 0 Å². The van der Waals surface area contributed by atoms with Crippen LogP contribution in [0.5, 0.6) is 0 Å². The van der Waals surface area contributed by atoms with Crippen LogP contribution in [0.3, 0.4) is 0 Å². The Labute approximate surface area is 177 Å². The van der Waals surface area contributed by atoms with Crippen molar-refractivity contribution >= 4 is 9.84 Å². The highest BCUT2D eigenvalue weighted by molar-refractivity contribution is 7.90. The molecule has 7 heteroatoms. The van der Waals surface area contributed by atoms with Crippen LogP contribution in [0.2, 0.25) is 0 Å². The van der Waals surface area contributed by atoms with Gasteiger partial charge in [-0.1, -0.05) is 6.07 Å². The Kier molecular flexibility index (Phi) is 5.75.